The third-order valence-corrected chi connectivity index (χ3v) is 4.54. The van der Waals surface area contributed by atoms with Crippen molar-refractivity contribution in [3.8, 4) is 6.07 Å². The number of benzene rings is 1. The third kappa shape index (κ3) is 1.57. The average Bonchev–Trinajstić information content (AvgIpc) is 2.77. The lowest BCUT2D eigenvalue weighted by Crippen LogP contribution is -2.51. The van der Waals surface area contributed by atoms with Crippen LogP contribution in [0.15, 0.2) is 24.3 Å². The van der Waals surface area contributed by atoms with Gasteiger partial charge in [-0.05, 0) is 24.0 Å². The number of nitrogens with zero attached hydrogens (tertiary/aromatic N) is 1. The quantitative estimate of drug-likeness (QED) is 0.818. The predicted octanol–water partition coefficient (Wildman–Crippen LogP) is 1.84. The molecule has 3 heteroatoms. The monoisotopic (exact) mass is 243 g/mol. The van der Waals surface area contributed by atoms with E-state index in [2.05, 4.69) is 18.2 Å². The fourth-order valence-corrected chi connectivity index (χ4v) is 3.33. The van der Waals surface area contributed by atoms with Crippen LogP contribution >= 0.6 is 0 Å². The Bertz CT molecular complexity index is 472. The molecule has 0 spiro atoms. The van der Waals surface area contributed by atoms with Crippen molar-refractivity contribution in [2.24, 2.45) is 5.41 Å². The van der Waals surface area contributed by atoms with Gasteiger partial charge < -0.3 is 9.84 Å². The van der Waals surface area contributed by atoms with Crippen molar-refractivity contribution >= 4 is 0 Å². The maximum Gasteiger partial charge on any atom is 0.0915 e. The standard InChI is InChI=1S/C15H17NO2/c16-11-14(5-7-18-8-6-14)15(17)9-12-3-1-2-4-13(12)10-15/h1-4,17H,5-10H2. The van der Waals surface area contributed by atoms with E-state index in [1.807, 2.05) is 12.1 Å². The zero-order valence-corrected chi connectivity index (χ0v) is 10.4. The van der Waals surface area contributed by atoms with Gasteiger partial charge in [-0.3, -0.25) is 0 Å². The lowest BCUT2D eigenvalue weighted by Gasteiger charge is -2.42. The molecule has 1 aliphatic carbocycles. The molecule has 1 heterocycles. The summed E-state index contributed by atoms with van der Waals surface area (Å²) in [7, 11) is 0. The van der Waals surface area contributed by atoms with Gasteiger partial charge in [-0.2, -0.15) is 5.26 Å². The van der Waals surface area contributed by atoms with Gasteiger partial charge in [0.05, 0.1) is 17.1 Å². The Kier molecular flexibility index (Phi) is 2.65. The van der Waals surface area contributed by atoms with Crippen LogP contribution < -0.4 is 0 Å². The van der Waals surface area contributed by atoms with Crippen LogP contribution in [0.1, 0.15) is 24.0 Å². The van der Waals surface area contributed by atoms with Gasteiger partial charge in [-0.25, -0.2) is 0 Å². The van der Waals surface area contributed by atoms with Crippen molar-refractivity contribution in [2.75, 3.05) is 13.2 Å². The van der Waals surface area contributed by atoms with E-state index in [9.17, 15) is 10.4 Å². The van der Waals surface area contributed by atoms with Gasteiger partial charge in [0.1, 0.15) is 0 Å². The number of ether oxygens (including phenoxy) is 1. The van der Waals surface area contributed by atoms with E-state index in [-0.39, 0.29) is 0 Å². The van der Waals surface area contributed by atoms with E-state index in [4.69, 9.17) is 4.74 Å². The van der Waals surface area contributed by atoms with Crippen molar-refractivity contribution < 1.29 is 9.84 Å². The maximum absolute atomic E-state index is 11.0. The van der Waals surface area contributed by atoms with Crippen molar-refractivity contribution in [3.63, 3.8) is 0 Å². The number of fused-ring (bicyclic) bond motifs is 1. The van der Waals surface area contributed by atoms with Gasteiger partial charge in [0, 0.05) is 26.1 Å². The third-order valence-electron chi connectivity index (χ3n) is 4.54. The molecule has 1 aliphatic heterocycles. The van der Waals surface area contributed by atoms with Crippen LogP contribution in [0.25, 0.3) is 0 Å². The van der Waals surface area contributed by atoms with E-state index < -0.39 is 11.0 Å². The molecule has 0 atom stereocenters. The Balaban J connectivity index is 1.95. The Labute approximate surface area is 107 Å². The maximum atomic E-state index is 11.0. The van der Waals surface area contributed by atoms with Gasteiger partial charge in [0.25, 0.3) is 0 Å². The highest BCUT2D eigenvalue weighted by molar-refractivity contribution is 5.38. The average molecular weight is 243 g/mol. The molecule has 1 saturated heterocycles. The van der Waals surface area contributed by atoms with Crippen molar-refractivity contribution in [3.05, 3.63) is 35.4 Å². The summed E-state index contributed by atoms with van der Waals surface area (Å²) in [5.41, 5.74) is 0.793. The van der Waals surface area contributed by atoms with E-state index in [1.165, 1.54) is 11.1 Å². The molecular formula is C15H17NO2. The van der Waals surface area contributed by atoms with Crippen LogP contribution in [0.2, 0.25) is 0 Å². The minimum absolute atomic E-state index is 0.576. The van der Waals surface area contributed by atoms with Crippen molar-refractivity contribution in [1.82, 2.24) is 0 Å². The SMILES string of the molecule is N#CC1(C2(O)Cc3ccccc3C2)CCOCC1. The highest BCUT2D eigenvalue weighted by Crippen LogP contribution is 2.47. The van der Waals surface area contributed by atoms with Crippen LogP contribution in [0.5, 0.6) is 0 Å². The predicted molar refractivity (Wildman–Crippen MR) is 66.9 cm³/mol. The number of aliphatic hydroxyl groups is 1. The van der Waals surface area contributed by atoms with Gasteiger partial charge >= 0.3 is 0 Å². The summed E-state index contributed by atoms with van der Waals surface area (Å²) in [6, 6.07) is 10.5. The second kappa shape index (κ2) is 4.08. The van der Waals surface area contributed by atoms with Crippen LogP contribution in [0.3, 0.4) is 0 Å². The van der Waals surface area contributed by atoms with Gasteiger partial charge in [-0.15, -0.1) is 0 Å². The second-order valence-electron chi connectivity index (χ2n) is 5.46. The number of hydrogen-bond acceptors (Lipinski definition) is 3. The highest BCUT2D eigenvalue weighted by Gasteiger charge is 2.54. The van der Waals surface area contributed by atoms with Crippen molar-refractivity contribution in [1.29, 1.82) is 5.26 Å². The van der Waals surface area contributed by atoms with E-state index >= 15 is 0 Å². The Morgan fingerprint density at radius 1 is 1.11 bits per heavy atom. The fourth-order valence-electron chi connectivity index (χ4n) is 3.33. The highest BCUT2D eigenvalue weighted by atomic mass is 16.5. The zero-order chi connectivity index (χ0) is 12.6. The van der Waals surface area contributed by atoms with Gasteiger partial charge in [-0.1, -0.05) is 24.3 Å². The summed E-state index contributed by atoms with van der Waals surface area (Å²) < 4.78 is 5.35. The Morgan fingerprint density at radius 2 is 1.67 bits per heavy atom. The molecule has 1 aromatic carbocycles. The Morgan fingerprint density at radius 3 is 2.17 bits per heavy atom. The normalized spacial score (nSPS) is 24.2. The molecule has 3 nitrogen and oxygen atoms in total. The zero-order valence-electron chi connectivity index (χ0n) is 10.4. The Hall–Kier alpha value is -1.37. The first-order valence-electron chi connectivity index (χ1n) is 6.47. The van der Waals surface area contributed by atoms with Gasteiger partial charge in [0.2, 0.25) is 0 Å². The van der Waals surface area contributed by atoms with Crippen LogP contribution in [-0.4, -0.2) is 23.9 Å². The molecule has 0 saturated carbocycles. The molecule has 1 fully saturated rings. The topological polar surface area (TPSA) is 53.2 Å². The number of rotatable bonds is 1. The molecule has 3 rings (SSSR count). The summed E-state index contributed by atoms with van der Waals surface area (Å²) >= 11 is 0. The molecule has 0 amide bonds. The summed E-state index contributed by atoms with van der Waals surface area (Å²) in [6.07, 6.45) is 2.45. The first kappa shape index (κ1) is 11.7. The summed E-state index contributed by atoms with van der Waals surface area (Å²) in [6.45, 7) is 1.15. The summed E-state index contributed by atoms with van der Waals surface area (Å²) in [4.78, 5) is 0. The number of hydrogen-bond donors (Lipinski definition) is 1. The molecule has 1 N–H and O–H groups in total. The van der Waals surface area contributed by atoms with E-state index in [0.717, 1.165) is 0 Å². The molecule has 18 heavy (non-hydrogen) atoms. The second-order valence-corrected chi connectivity index (χ2v) is 5.46. The molecular weight excluding hydrogens is 226 g/mol. The lowest BCUT2D eigenvalue weighted by molar-refractivity contribution is -0.0971. The molecule has 0 aromatic heterocycles. The van der Waals surface area contributed by atoms with Crippen LogP contribution in [0, 0.1) is 16.7 Å². The first-order chi connectivity index (χ1) is 8.69. The molecule has 0 bridgehead atoms. The van der Waals surface area contributed by atoms with Crippen LogP contribution in [0.4, 0.5) is 0 Å². The minimum atomic E-state index is -0.921. The molecule has 2 aliphatic rings. The van der Waals surface area contributed by atoms with E-state index in [1.54, 1.807) is 0 Å². The molecule has 0 radical (unpaired) electrons. The molecule has 94 valence electrons. The smallest absolute Gasteiger partial charge is 0.0915 e. The van der Waals surface area contributed by atoms with Crippen molar-refractivity contribution in [2.45, 2.75) is 31.3 Å². The van der Waals surface area contributed by atoms with E-state index in [0.29, 0.717) is 38.9 Å². The fraction of sp³-hybridized carbons (Fsp3) is 0.533. The largest absolute Gasteiger partial charge is 0.388 e. The van der Waals surface area contributed by atoms with Gasteiger partial charge in [0.15, 0.2) is 0 Å². The summed E-state index contributed by atoms with van der Waals surface area (Å²) in [5, 5.41) is 20.6. The molecule has 0 unspecified atom stereocenters. The lowest BCUT2D eigenvalue weighted by atomic mass is 9.66. The summed E-state index contributed by atoms with van der Waals surface area (Å²) in [5.74, 6) is 0. The first-order valence-corrected chi connectivity index (χ1v) is 6.47. The minimum Gasteiger partial charge on any atom is -0.388 e. The molecule has 1 aromatic rings. The van der Waals surface area contributed by atoms with Crippen LogP contribution in [-0.2, 0) is 17.6 Å². The number of nitriles is 1.